The lowest BCUT2D eigenvalue weighted by Gasteiger charge is -2.16. The van der Waals surface area contributed by atoms with Crippen LogP contribution in [0.1, 0.15) is 16.5 Å². The van der Waals surface area contributed by atoms with E-state index in [9.17, 15) is 18.3 Å². The Kier molecular flexibility index (Phi) is 4.57. The highest BCUT2D eigenvalue weighted by molar-refractivity contribution is 7.16. The molecule has 0 aliphatic heterocycles. The third kappa shape index (κ3) is 4.13. The largest absolute Gasteiger partial charge is 0.573 e. The van der Waals surface area contributed by atoms with Crippen LogP contribution in [0.3, 0.4) is 0 Å². The lowest BCUT2D eigenvalue weighted by molar-refractivity contribution is -0.275. The molecule has 1 aromatic carbocycles. The minimum absolute atomic E-state index is 0.0920. The van der Waals surface area contributed by atoms with Crippen LogP contribution >= 0.6 is 22.9 Å². The zero-order chi connectivity index (χ0) is 14.8. The number of thiophene rings is 1. The molecule has 7 heteroatoms. The van der Waals surface area contributed by atoms with Crippen molar-refractivity contribution in [3.8, 4) is 5.75 Å². The average Bonchev–Trinajstić information content (AvgIpc) is 2.73. The number of alkyl halides is 3. The molecular weight excluding hydrogens is 313 g/mol. The molecule has 0 aliphatic carbocycles. The Morgan fingerprint density at radius 3 is 2.50 bits per heavy atom. The summed E-state index contributed by atoms with van der Waals surface area (Å²) in [5.41, 5.74) is 0.0920. The average molecular weight is 323 g/mol. The van der Waals surface area contributed by atoms with Crippen molar-refractivity contribution in [1.82, 2.24) is 0 Å². The molecule has 2 nitrogen and oxygen atoms in total. The molecule has 2 aromatic rings. The third-order valence-corrected chi connectivity index (χ3v) is 3.78. The molecule has 0 aliphatic rings. The van der Waals surface area contributed by atoms with Gasteiger partial charge in [0.15, 0.2) is 0 Å². The van der Waals surface area contributed by atoms with Crippen LogP contribution in [0, 0.1) is 0 Å². The maximum atomic E-state index is 12.3. The second-order valence-electron chi connectivity index (χ2n) is 4.01. The van der Waals surface area contributed by atoms with Crippen molar-refractivity contribution in [1.29, 1.82) is 0 Å². The number of ether oxygens (including phenoxy) is 1. The maximum Gasteiger partial charge on any atom is 0.573 e. The molecule has 0 bridgehead atoms. The Balaban J connectivity index is 2.19. The van der Waals surface area contributed by atoms with Gasteiger partial charge in [-0.3, -0.25) is 0 Å². The predicted molar refractivity (Wildman–Crippen MR) is 71.1 cm³/mol. The molecule has 2 rings (SSSR count). The molecule has 0 spiro atoms. The van der Waals surface area contributed by atoms with Gasteiger partial charge < -0.3 is 9.84 Å². The molecule has 1 aromatic heterocycles. The lowest BCUT2D eigenvalue weighted by atomic mass is 10.0. The van der Waals surface area contributed by atoms with E-state index in [1.807, 2.05) is 0 Å². The van der Waals surface area contributed by atoms with E-state index in [4.69, 9.17) is 11.6 Å². The van der Waals surface area contributed by atoms with Gasteiger partial charge in [-0.25, -0.2) is 0 Å². The van der Waals surface area contributed by atoms with Crippen molar-refractivity contribution in [3.05, 3.63) is 51.2 Å². The summed E-state index contributed by atoms with van der Waals surface area (Å²) in [6.45, 7) is 0. The number of aliphatic hydroxyl groups excluding tert-OH is 1. The van der Waals surface area contributed by atoms with Crippen LogP contribution in [-0.2, 0) is 6.42 Å². The first-order valence-corrected chi connectivity index (χ1v) is 6.81. The van der Waals surface area contributed by atoms with E-state index in [1.54, 1.807) is 18.2 Å². The van der Waals surface area contributed by atoms with Gasteiger partial charge in [0.05, 0.1) is 10.4 Å². The predicted octanol–water partition coefficient (Wildman–Crippen LogP) is 4.58. The molecule has 108 valence electrons. The van der Waals surface area contributed by atoms with E-state index < -0.39 is 18.2 Å². The number of benzene rings is 1. The van der Waals surface area contributed by atoms with E-state index >= 15 is 0 Å². The molecule has 0 fully saturated rings. The fourth-order valence-corrected chi connectivity index (χ4v) is 2.86. The van der Waals surface area contributed by atoms with Gasteiger partial charge in [0, 0.05) is 16.9 Å². The molecule has 1 unspecified atom stereocenters. The topological polar surface area (TPSA) is 29.5 Å². The lowest BCUT2D eigenvalue weighted by Crippen LogP contribution is -2.19. The van der Waals surface area contributed by atoms with E-state index in [0.717, 1.165) is 4.88 Å². The summed E-state index contributed by atoms with van der Waals surface area (Å²) in [6, 6.07) is 8.94. The summed E-state index contributed by atoms with van der Waals surface area (Å²) in [6.07, 6.45) is -5.71. The molecule has 1 N–H and O–H groups in total. The van der Waals surface area contributed by atoms with Crippen molar-refractivity contribution < 1.29 is 23.0 Å². The Hall–Kier alpha value is -1.24. The van der Waals surface area contributed by atoms with E-state index in [1.165, 1.54) is 29.5 Å². The maximum absolute atomic E-state index is 12.3. The Labute approximate surface area is 122 Å². The fraction of sp³-hybridized carbons (Fsp3) is 0.231. The van der Waals surface area contributed by atoms with Crippen LogP contribution < -0.4 is 4.74 Å². The van der Waals surface area contributed by atoms with Crippen LogP contribution in [-0.4, -0.2) is 11.5 Å². The SMILES string of the molecule is OC(Cc1ccc(Cl)s1)c1ccccc1OC(F)(F)F. The number of hydrogen-bond donors (Lipinski definition) is 1. The highest BCUT2D eigenvalue weighted by atomic mass is 35.5. The van der Waals surface area contributed by atoms with Crippen LogP contribution in [0.15, 0.2) is 36.4 Å². The monoisotopic (exact) mass is 322 g/mol. The van der Waals surface area contributed by atoms with Gasteiger partial charge in [0.1, 0.15) is 5.75 Å². The molecule has 0 radical (unpaired) electrons. The normalized spacial score (nSPS) is 13.2. The summed E-state index contributed by atoms with van der Waals surface area (Å²) in [5, 5.41) is 10.1. The van der Waals surface area contributed by atoms with Crippen LogP contribution in [0.4, 0.5) is 13.2 Å². The smallest absolute Gasteiger partial charge is 0.405 e. The minimum Gasteiger partial charge on any atom is -0.405 e. The summed E-state index contributed by atoms with van der Waals surface area (Å²) in [7, 11) is 0. The van der Waals surface area contributed by atoms with E-state index in [-0.39, 0.29) is 12.0 Å². The number of rotatable bonds is 4. The number of halogens is 4. The minimum atomic E-state index is -4.79. The summed E-state index contributed by atoms with van der Waals surface area (Å²) in [5.74, 6) is -0.393. The first-order valence-electron chi connectivity index (χ1n) is 5.62. The number of para-hydroxylation sites is 1. The van der Waals surface area contributed by atoms with Crippen LogP contribution in [0.2, 0.25) is 4.34 Å². The van der Waals surface area contributed by atoms with Gasteiger partial charge in [0.2, 0.25) is 0 Å². The fourth-order valence-electron chi connectivity index (χ4n) is 1.74. The van der Waals surface area contributed by atoms with Crippen LogP contribution in [0.5, 0.6) is 5.75 Å². The Bertz CT molecular complexity index is 583. The first-order chi connectivity index (χ1) is 9.35. The Morgan fingerprint density at radius 2 is 1.90 bits per heavy atom. The number of aliphatic hydroxyl groups is 1. The summed E-state index contributed by atoms with van der Waals surface area (Å²) in [4.78, 5) is 0.782. The quantitative estimate of drug-likeness (QED) is 0.893. The van der Waals surface area contributed by atoms with Crippen molar-refractivity contribution >= 4 is 22.9 Å². The van der Waals surface area contributed by atoms with Gasteiger partial charge in [-0.1, -0.05) is 29.8 Å². The molecule has 1 heterocycles. The number of hydrogen-bond acceptors (Lipinski definition) is 3. The Morgan fingerprint density at radius 1 is 1.20 bits per heavy atom. The molecule has 1 atom stereocenters. The highest BCUT2D eigenvalue weighted by Crippen LogP contribution is 2.33. The second-order valence-corrected chi connectivity index (χ2v) is 5.81. The van der Waals surface area contributed by atoms with Crippen molar-refractivity contribution in [2.75, 3.05) is 0 Å². The summed E-state index contributed by atoms with van der Waals surface area (Å²) < 4.78 is 41.4. The van der Waals surface area contributed by atoms with E-state index in [2.05, 4.69) is 4.74 Å². The van der Waals surface area contributed by atoms with Gasteiger partial charge in [0.25, 0.3) is 0 Å². The van der Waals surface area contributed by atoms with Gasteiger partial charge >= 0.3 is 6.36 Å². The van der Waals surface area contributed by atoms with Crippen LogP contribution in [0.25, 0.3) is 0 Å². The zero-order valence-electron chi connectivity index (χ0n) is 10.0. The second kappa shape index (κ2) is 6.03. The van der Waals surface area contributed by atoms with Crippen molar-refractivity contribution in [2.24, 2.45) is 0 Å². The zero-order valence-corrected chi connectivity index (χ0v) is 11.6. The molecular formula is C13H10ClF3O2S. The molecule has 0 amide bonds. The molecule has 20 heavy (non-hydrogen) atoms. The molecule has 0 saturated carbocycles. The summed E-state index contributed by atoms with van der Waals surface area (Å²) >= 11 is 7.04. The standard InChI is InChI=1S/C13H10ClF3O2S/c14-12-6-5-8(20-12)7-10(18)9-3-1-2-4-11(9)19-13(15,16)17/h1-6,10,18H,7H2. The van der Waals surface area contributed by atoms with Gasteiger partial charge in [-0.2, -0.15) is 0 Å². The van der Waals surface area contributed by atoms with Crippen molar-refractivity contribution in [3.63, 3.8) is 0 Å². The van der Waals surface area contributed by atoms with Gasteiger partial charge in [-0.15, -0.1) is 24.5 Å². The van der Waals surface area contributed by atoms with Crippen molar-refractivity contribution in [2.45, 2.75) is 18.9 Å². The van der Waals surface area contributed by atoms with Gasteiger partial charge in [-0.05, 0) is 18.2 Å². The highest BCUT2D eigenvalue weighted by Gasteiger charge is 2.32. The third-order valence-electron chi connectivity index (χ3n) is 2.53. The molecule has 0 saturated heterocycles. The van der Waals surface area contributed by atoms with E-state index in [0.29, 0.717) is 4.34 Å². The first kappa shape index (κ1) is 15.2.